The van der Waals surface area contributed by atoms with Crippen LogP contribution >= 0.6 is 0 Å². The van der Waals surface area contributed by atoms with Crippen LogP contribution in [-0.4, -0.2) is 9.78 Å². The minimum atomic E-state index is -4.30. The lowest BCUT2D eigenvalue weighted by molar-refractivity contribution is -0.144. The molecule has 0 amide bonds. The first-order valence-electron chi connectivity index (χ1n) is 3.98. The molecule has 0 radical (unpaired) electrons. The molecule has 0 fully saturated rings. The summed E-state index contributed by atoms with van der Waals surface area (Å²) in [5, 5.41) is 3.48. The summed E-state index contributed by atoms with van der Waals surface area (Å²) in [5.74, 6) is 0. The van der Waals surface area contributed by atoms with Crippen LogP contribution in [0.4, 0.5) is 13.2 Å². The maximum Gasteiger partial charge on any atom is 0.433 e. The first-order valence-corrected chi connectivity index (χ1v) is 3.98. The van der Waals surface area contributed by atoms with Crippen molar-refractivity contribution in [3.63, 3.8) is 0 Å². The van der Waals surface area contributed by atoms with Gasteiger partial charge in [0.15, 0.2) is 0 Å². The van der Waals surface area contributed by atoms with Crippen molar-refractivity contribution in [1.82, 2.24) is 9.78 Å². The summed E-state index contributed by atoms with van der Waals surface area (Å²) in [6.07, 6.45) is -3.10. The first-order chi connectivity index (χ1) is 5.93. The molecule has 0 bridgehead atoms. The van der Waals surface area contributed by atoms with Crippen LogP contribution in [0.1, 0.15) is 25.1 Å². The summed E-state index contributed by atoms with van der Waals surface area (Å²) in [6, 6.07) is 0. The lowest BCUT2D eigenvalue weighted by Gasteiger charge is -2.06. The molecule has 1 aromatic heterocycles. The highest BCUT2D eigenvalue weighted by atomic mass is 19.4. The molecule has 0 atom stereocenters. The van der Waals surface area contributed by atoms with Gasteiger partial charge in [-0.15, -0.1) is 0 Å². The molecule has 0 spiro atoms. The van der Waals surface area contributed by atoms with Gasteiger partial charge in [0, 0.05) is 7.05 Å². The summed E-state index contributed by atoms with van der Waals surface area (Å²) in [7, 11) is 1.27. The van der Waals surface area contributed by atoms with E-state index < -0.39 is 11.9 Å². The molecule has 2 nitrogen and oxygen atoms in total. The summed E-state index contributed by atoms with van der Waals surface area (Å²) >= 11 is 0. The molecule has 5 heteroatoms. The zero-order chi connectivity index (χ0) is 10.6. The fraction of sp³-hybridized carbons (Fsp3) is 0.625. The number of alkyl halides is 3. The molecule has 76 valence electrons. The average Bonchev–Trinajstić information content (AvgIpc) is 2.33. The second-order valence-corrected chi connectivity index (χ2v) is 2.30. The molecular formula is C8H13F3N2. The van der Waals surface area contributed by atoms with Crippen molar-refractivity contribution >= 4 is 0 Å². The highest BCUT2D eigenvalue weighted by Crippen LogP contribution is 2.30. The smallest absolute Gasteiger partial charge is 0.263 e. The number of hydrogen-bond donors (Lipinski definition) is 0. The van der Waals surface area contributed by atoms with E-state index in [9.17, 15) is 13.2 Å². The highest BCUT2D eigenvalue weighted by Gasteiger charge is 2.35. The quantitative estimate of drug-likeness (QED) is 0.621. The molecule has 0 saturated carbocycles. The zero-order valence-electron chi connectivity index (χ0n) is 8.11. The van der Waals surface area contributed by atoms with Gasteiger partial charge in [0.1, 0.15) is 5.69 Å². The average molecular weight is 194 g/mol. The van der Waals surface area contributed by atoms with Gasteiger partial charge in [-0.3, -0.25) is 4.68 Å². The summed E-state index contributed by atoms with van der Waals surface area (Å²) < 4.78 is 37.1. The van der Waals surface area contributed by atoms with Crippen molar-refractivity contribution in [1.29, 1.82) is 0 Å². The van der Waals surface area contributed by atoms with Gasteiger partial charge in [0.25, 0.3) is 0 Å². The number of aryl methyl sites for hydroxylation is 2. The lowest BCUT2D eigenvalue weighted by atomic mass is 10.3. The highest BCUT2D eigenvalue weighted by molar-refractivity contribution is 5.18. The fourth-order valence-corrected chi connectivity index (χ4v) is 0.954. The van der Waals surface area contributed by atoms with Gasteiger partial charge in [-0.05, 0) is 12.5 Å². The molecule has 13 heavy (non-hydrogen) atoms. The molecule has 1 rings (SSSR count). The standard InChI is InChI=1S/C6H7F3N2.C2H6/c1-4-3-10-11(2)5(4)6(7,8)9;1-2/h3H,1-2H3;1-2H3. The van der Waals surface area contributed by atoms with E-state index in [1.54, 1.807) is 0 Å². The van der Waals surface area contributed by atoms with E-state index in [0.717, 1.165) is 4.68 Å². The van der Waals surface area contributed by atoms with Gasteiger partial charge in [-0.1, -0.05) is 13.8 Å². The monoisotopic (exact) mass is 194 g/mol. The van der Waals surface area contributed by atoms with Gasteiger partial charge in [-0.25, -0.2) is 0 Å². The minimum absolute atomic E-state index is 0.153. The second-order valence-electron chi connectivity index (χ2n) is 2.30. The molecule has 0 saturated heterocycles. The van der Waals surface area contributed by atoms with E-state index in [1.807, 2.05) is 13.8 Å². The van der Waals surface area contributed by atoms with Crippen LogP contribution in [0.2, 0.25) is 0 Å². The first kappa shape index (κ1) is 12.0. The maximum absolute atomic E-state index is 12.1. The third-order valence-electron chi connectivity index (χ3n) is 1.39. The van der Waals surface area contributed by atoms with Crippen LogP contribution in [-0.2, 0) is 13.2 Å². The number of halogens is 3. The van der Waals surface area contributed by atoms with E-state index in [0.29, 0.717) is 0 Å². The van der Waals surface area contributed by atoms with Gasteiger partial charge < -0.3 is 0 Å². The number of hydrogen-bond acceptors (Lipinski definition) is 1. The van der Waals surface area contributed by atoms with Crippen LogP contribution < -0.4 is 0 Å². The summed E-state index contributed by atoms with van der Waals surface area (Å²) in [5.41, 5.74) is -0.530. The molecule has 0 aliphatic heterocycles. The van der Waals surface area contributed by atoms with Crippen molar-refractivity contribution < 1.29 is 13.2 Å². The second kappa shape index (κ2) is 4.30. The van der Waals surface area contributed by atoms with Crippen LogP contribution in [0.25, 0.3) is 0 Å². The minimum Gasteiger partial charge on any atom is -0.263 e. The largest absolute Gasteiger partial charge is 0.433 e. The number of rotatable bonds is 0. The van der Waals surface area contributed by atoms with E-state index in [2.05, 4.69) is 5.10 Å². The Labute approximate surface area is 75.4 Å². The van der Waals surface area contributed by atoms with Gasteiger partial charge in [0.2, 0.25) is 0 Å². The molecule has 1 heterocycles. The number of aromatic nitrogens is 2. The van der Waals surface area contributed by atoms with E-state index in [4.69, 9.17) is 0 Å². The van der Waals surface area contributed by atoms with Gasteiger partial charge >= 0.3 is 6.18 Å². The zero-order valence-corrected chi connectivity index (χ0v) is 8.11. The van der Waals surface area contributed by atoms with E-state index in [1.165, 1.54) is 20.2 Å². The Balaban J connectivity index is 0.000000671. The molecule has 0 aliphatic rings. The summed E-state index contributed by atoms with van der Waals surface area (Å²) in [4.78, 5) is 0. The Kier molecular flexibility index (Phi) is 3.97. The Morgan fingerprint density at radius 3 is 1.92 bits per heavy atom. The predicted molar refractivity (Wildman–Crippen MR) is 44.3 cm³/mol. The third kappa shape index (κ3) is 2.75. The Morgan fingerprint density at radius 2 is 1.77 bits per heavy atom. The SMILES string of the molecule is CC.Cc1cnn(C)c1C(F)(F)F. The third-order valence-corrected chi connectivity index (χ3v) is 1.39. The van der Waals surface area contributed by atoms with Crippen LogP contribution in [0, 0.1) is 6.92 Å². The van der Waals surface area contributed by atoms with Crippen LogP contribution in [0.5, 0.6) is 0 Å². The lowest BCUT2D eigenvalue weighted by Crippen LogP contribution is -2.12. The van der Waals surface area contributed by atoms with Gasteiger partial charge in [-0.2, -0.15) is 18.3 Å². The van der Waals surface area contributed by atoms with Gasteiger partial charge in [0.05, 0.1) is 6.20 Å². The Bertz CT molecular complexity index is 243. The molecule has 0 N–H and O–H groups in total. The van der Waals surface area contributed by atoms with Crippen molar-refractivity contribution in [2.75, 3.05) is 0 Å². The van der Waals surface area contributed by atoms with E-state index in [-0.39, 0.29) is 5.56 Å². The Morgan fingerprint density at radius 1 is 1.31 bits per heavy atom. The van der Waals surface area contributed by atoms with Crippen molar-refractivity contribution in [3.05, 3.63) is 17.5 Å². The van der Waals surface area contributed by atoms with Crippen molar-refractivity contribution in [2.24, 2.45) is 7.05 Å². The molecule has 0 aromatic carbocycles. The predicted octanol–water partition coefficient (Wildman–Crippen LogP) is 2.77. The van der Waals surface area contributed by atoms with Crippen LogP contribution in [0.3, 0.4) is 0 Å². The summed E-state index contributed by atoms with van der Waals surface area (Å²) in [6.45, 7) is 5.38. The van der Waals surface area contributed by atoms with Crippen molar-refractivity contribution in [2.45, 2.75) is 26.9 Å². The normalized spacial score (nSPS) is 10.7. The van der Waals surface area contributed by atoms with E-state index >= 15 is 0 Å². The fourth-order valence-electron chi connectivity index (χ4n) is 0.954. The topological polar surface area (TPSA) is 17.8 Å². The molecule has 0 aliphatic carbocycles. The maximum atomic E-state index is 12.1. The molecule has 0 unspecified atom stereocenters. The Hall–Kier alpha value is -1.00. The molecule has 1 aromatic rings. The molecular weight excluding hydrogens is 181 g/mol. The number of nitrogens with zero attached hydrogens (tertiary/aromatic N) is 2. The van der Waals surface area contributed by atoms with Crippen molar-refractivity contribution in [3.8, 4) is 0 Å². The van der Waals surface area contributed by atoms with Crippen LogP contribution in [0.15, 0.2) is 6.20 Å².